The number of aldehydes is 1. The van der Waals surface area contributed by atoms with Gasteiger partial charge in [-0.3, -0.25) is 14.9 Å². The van der Waals surface area contributed by atoms with Crippen LogP contribution in [0.2, 0.25) is 0 Å². The van der Waals surface area contributed by atoms with E-state index in [9.17, 15) is 19.7 Å². The van der Waals surface area contributed by atoms with E-state index in [1.165, 1.54) is 38.1 Å². The fraction of sp³-hybridized carbons (Fsp3) is 0.273. The molecule has 0 aliphatic heterocycles. The summed E-state index contributed by atoms with van der Waals surface area (Å²) in [6.45, 7) is 3.01. The third-order valence-corrected chi connectivity index (χ3v) is 2.22. The first-order valence-corrected chi connectivity index (χ1v) is 4.64. The zero-order valence-electron chi connectivity index (χ0n) is 8.97. The number of nitro groups is 1. The molecule has 0 radical (unpaired) electrons. The molecule has 1 aromatic carbocycles. The molecule has 0 heterocycles. The SMILES string of the molecule is CC(C)(C=O)C(=O)c1ccc([N+](=O)[O-])cc1. The van der Waals surface area contributed by atoms with Crippen LogP contribution in [-0.4, -0.2) is 17.0 Å². The number of hydrogen-bond donors (Lipinski definition) is 0. The fourth-order valence-corrected chi connectivity index (χ4v) is 1.16. The van der Waals surface area contributed by atoms with Gasteiger partial charge in [0.15, 0.2) is 5.78 Å². The average molecular weight is 221 g/mol. The molecule has 0 N–H and O–H groups in total. The van der Waals surface area contributed by atoms with E-state index < -0.39 is 10.3 Å². The molecule has 5 heteroatoms. The lowest BCUT2D eigenvalue weighted by molar-refractivity contribution is -0.384. The van der Waals surface area contributed by atoms with Crippen molar-refractivity contribution in [3.63, 3.8) is 0 Å². The van der Waals surface area contributed by atoms with Crippen molar-refractivity contribution < 1.29 is 14.5 Å². The Morgan fingerprint density at radius 1 is 1.31 bits per heavy atom. The highest BCUT2D eigenvalue weighted by atomic mass is 16.6. The maximum atomic E-state index is 11.8. The number of carbonyl (C=O) groups excluding carboxylic acids is 2. The van der Waals surface area contributed by atoms with Crippen LogP contribution in [0.25, 0.3) is 0 Å². The lowest BCUT2D eigenvalue weighted by Gasteiger charge is -2.14. The van der Waals surface area contributed by atoms with Gasteiger partial charge in [0.1, 0.15) is 6.29 Å². The summed E-state index contributed by atoms with van der Waals surface area (Å²) >= 11 is 0. The van der Waals surface area contributed by atoms with E-state index in [1.54, 1.807) is 0 Å². The second-order valence-electron chi connectivity index (χ2n) is 3.97. The summed E-state index contributed by atoms with van der Waals surface area (Å²) < 4.78 is 0. The van der Waals surface area contributed by atoms with Crippen molar-refractivity contribution in [2.75, 3.05) is 0 Å². The van der Waals surface area contributed by atoms with Gasteiger partial charge in [0.25, 0.3) is 5.69 Å². The minimum atomic E-state index is -1.10. The summed E-state index contributed by atoms with van der Waals surface area (Å²) in [6, 6.07) is 5.19. The van der Waals surface area contributed by atoms with Crippen molar-refractivity contribution in [1.82, 2.24) is 0 Å². The molecule has 84 valence electrons. The first-order chi connectivity index (χ1) is 7.38. The highest BCUT2D eigenvalue weighted by molar-refractivity contribution is 6.08. The highest BCUT2D eigenvalue weighted by Crippen LogP contribution is 2.21. The molecular weight excluding hydrogens is 210 g/mol. The minimum Gasteiger partial charge on any atom is -0.302 e. The second-order valence-corrected chi connectivity index (χ2v) is 3.97. The van der Waals surface area contributed by atoms with E-state index in [-0.39, 0.29) is 11.5 Å². The van der Waals surface area contributed by atoms with Crippen LogP contribution in [0.1, 0.15) is 24.2 Å². The molecule has 0 saturated carbocycles. The van der Waals surface area contributed by atoms with E-state index in [0.717, 1.165) is 0 Å². The van der Waals surface area contributed by atoms with Gasteiger partial charge in [0.05, 0.1) is 10.3 Å². The van der Waals surface area contributed by atoms with Gasteiger partial charge in [-0.25, -0.2) is 0 Å². The van der Waals surface area contributed by atoms with Crippen molar-refractivity contribution >= 4 is 17.8 Å². The molecule has 16 heavy (non-hydrogen) atoms. The quantitative estimate of drug-likeness (QED) is 0.256. The smallest absolute Gasteiger partial charge is 0.269 e. The van der Waals surface area contributed by atoms with Crippen LogP contribution >= 0.6 is 0 Å². The Labute approximate surface area is 92.2 Å². The molecule has 5 nitrogen and oxygen atoms in total. The highest BCUT2D eigenvalue weighted by Gasteiger charge is 2.28. The van der Waals surface area contributed by atoms with Gasteiger partial charge in [-0.05, 0) is 26.0 Å². The zero-order valence-corrected chi connectivity index (χ0v) is 8.97. The van der Waals surface area contributed by atoms with Gasteiger partial charge < -0.3 is 4.79 Å². The Bertz CT molecular complexity index is 434. The Kier molecular flexibility index (Phi) is 3.17. The summed E-state index contributed by atoms with van der Waals surface area (Å²) in [6.07, 6.45) is 0.566. The summed E-state index contributed by atoms with van der Waals surface area (Å²) in [5.74, 6) is -0.350. The van der Waals surface area contributed by atoms with Crippen molar-refractivity contribution in [2.45, 2.75) is 13.8 Å². The van der Waals surface area contributed by atoms with E-state index in [2.05, 4.69) is 0 Å². The van der Waals surface area contributed by atoms with Crippen molar-refractivity contribution in [1.29, 1.82) is 0 Å². The molecule has 0 atom stereocenters. The van der Waals surface area contributed by atoms with Crippen LogP contribution in [0, 0.1) is 15.5 Å². The molecular formula is C11H11NO4. The van der Waals surface area contributed by atoms with Gasteiger partial charge in [-0.15, -0.1) is 0 Å². The number of benzene rings is 1. The maximum absolute atomic E-state index is 11.8. The largest absolute Gasteiger partial charge is 0.302 e. The van der Waals surface area contributed by atoms with Gasteiger partial charge >= 0.3 is 0 Å². The van der Waals surface area contributed by atoms with Gasteiger partial charge in [-0.2, -0.15) is 0 Å². The minimum absolute atomic E-state index is 0.0829. The molecule has 0 aliphatic rings. The van der Waals surface area contributed by atoms with E-state index >= 15 is 0 Å². The van der Waals surface area contributed by atoms with Crippen LogP contribution < -0.4 is 0 Å². The maximum Gasteiger partial charge on any atom is 0.269 e. The van der Waals surface area contributed by atoms with Crippen LogP contribution in [0.3, 0.4) is 0 Å². The monoisotopic (exact) mass is 221 g/mol. The first-order valence-electron chi connectivity index (χ1n) is 4.64. The van der Waals surface area contributed by atoms with Crippen LogP contribution in [-0.2, 0) is 4.79 Å². The van der Waals surface area contributed by atoms with E-state index in [0.29, 0.717) is 11.8 Å². The van der Waals surface area contributed by atoms with Gasteiger partial charge in [0, 0.05) is 17.7 Å². The number of carbonyl (C=O) groups is 2. The molecule has 0 spiro atoms. The Hall–Kier alpha value is -2.04. The summed E-state index contributed by atoms with van der Waals surface area (Å²) in [7, 11) is 0. The Balaban J connectivity index is 3.03. The molecule has 0 aromatic heterocycles. The standard InChI is InChI=1S/C11H11NO4/c1-11(2,7-13)10(14)8-3-5-9(6-4-8)12(15)16/h3-7H,1-2H3. The molecule has 0 unspecified atom stereocenters. The number of nitro benzene ring substituents is 1. The molecule has 1 aromatic rings. The number of ketones is 1. The summed E-state index contributed by atoms with van der Waals surface area (Å²) in [5, 5.41) is 10.4. The summed E-state index contributed by atoms with van der Waals surface area (Å²) in [4.78, 5) is 32.3. The number of Topliss-reactive ketones (excluding diaryl/α,β-unsaturated/α-hetero) is 1. The predicted molar refractivity (Wildman–Crippen MR) is 57.3 cm³/mol. The van der Waals surface area contributed by atoms with Gasteiger partial charge in [-0.1, -0.05) is 0 Å². The van der Waals surface area contributed by atoms with E-state index in [4.69, 9.17) is 0 Å². The Morgan fingerprint density at radius 3 is 2.19 bits per heavy atom. The molecule has 1 rings (SSSR count). The molecule has 0 saturated heterocycles. The summed E-state index contributed by atoms with van der Waals surface area (Å²) in [5.41, 5.74) is -0.890. The predicted octanol–water partition coefficient (Wildman–Crippen LogP) is 2.00. The lowest BCUT2D eigenvalue weighted by atomic mass is 9.86. The van der Waals surface area contributed by atoms with Crippen LogP contribution in [0.4, 0.5) is 5.69 Å². The van der Waals surface area contributed by atoms with Crippen LogP contribution in [0.5, 0.6) is 0 Å². The van der Waals surface area contributed by atoms with Crippen LogP contribution in [0.15, 0.2) is 24.3 Å². The first kappa shape index (κ1) is 12.0. The topological polar surface area (TPSA) is 77.3 Å². The third-order valence-electron chi connectivity index (χ3n) is 2.22. The molecule has 0 fully saturated rings. The number of non-ortho nitro benzene ring substituents is 1. The van der Waals surface area contributed by atoms with Crippen molar-refractivity contribution in [2.24, 2.45) is 5.41 Å². The normalized spacial score (nSPS) is 10.9. The van der Waals surface area contributed by atoms with Gasteiger partial charge in [0.2, 0.25) is 0 Å². The number of nitrogens with zero attached hydrogens (tertiary/aromatic N) is 1. The zero-order chi connectivity index (χ0) is 12.3. The second kappa shape index (κ2) is 4.22. The average Bonchev–Trinajstić information content (AvgIpc) is 2.28. The number of hydrogen-bond acceptors (Lipinski definition) is 4. The Morgan fingerprint density at radius 2 is 1.81 bits per heavy atom. The molecule has 0 aliphatic carbocycles. The van der Waals surface area contributed by atoms with E-state index in [1.807, 2.05) is 0 Å². The molecule has 0 bridgehead atoms. The fourth-order valence-electron chi connectivity index (χ4n) is 1.16. The third kappa shape index (κ3) is 2.31. The number of rotatable bonds is 4. The van der Waals surface area contributed by atoms with Crippen molar-refractivity contribution in [3.8, 4) is 0 Å². The molecule has 0 amide bonds. The lowest BCUT2D eigenvalue weighted by Crippen LogP contribution is -2.25. The van der Waals surface area contributed by atoms with Crippen molar-refractivity contribution in [3.05, 3.63) is 39.9 Å².